The van der Waals surface area contributed by atoms with Gasteiger partial charge in [0, 0.05) is 17.9 Å². The Balaban J connectivity index is 2.00. The fourth-order valence-corrected chi connectivity index (χ4v) is 3.20. The molecular weight excluding hydrogens is 354 g/mol. The average molecular weight is 377 g/mol. The predicted molar refractivity (Wildman–Crippen MR) is 102 cm³/mol. The maximum atomic E-state index is 12.4. The highest BCUT2D eigenvalue weighted by molar-refractivity contribution is 7.92. The summed E-state index contributed by atoms with van der Waals surface area (Å²) < 4.78 is 32.4. The second-order valence-corrected chi connectivity index (χ2v) is 7.28. The lowest BCUT2D eigenvalue weighted by atomic mass is 10.3. The van der Waals surface area contributed by atoms with Crippen molar-refractivity contribution >= 4 is 27.4 Å². The maximum Gasteiger partial charge on any atom is 0.319 e. The highest BCUT2D eigenvalue weighted by Crippen LogP contribution is 2.20. The van der Waals surface area contributed by atoms with Crippen LogP contribution < -0.4 is 20.1 Å². The van der Waals surface area contributed by atoms with Crippen molar-refractivity contribution in [2.75, 3.05) is 23.7 Å². The quantitative estimate of drug-likeness (QED) is 0.614. The Morgan fingerprint density at radius 2 is 1.62 bits per heavy atom. The molecule has 0 saturated heterocycles. The molecule has 140 valence electrons. The third-order valence-electron chi connectivity index (χ3n) is 3.58. The highest BCUT2D eigenvalue weighted by Gasteiger charge is 2.14. The number of carbonyl (C=O) groups is 1. The number of methoxy groups -OCH3 is 1. The second-order valence-electron chi connectivity index (χ2n) is 5.59. The summed E-state index contributed by atoms with van der Waals surface area (Å²) in [6.07, 6.45) is 1.90. The Hall–Kier alpha value is -2.74. The smallest absolute Gasteiger partial charge is 0.319 e. The van der Waals surface area contributed by atoms with Crippen molar-refractivity contribution in [1.29, 1.82) is 0 Å². The predicted octanol–water partition coefficient (Wildman–Crippen LogP) is 3.42. The molecule has 0 spiro atoms. The van der Waals surface area contributed by atoms with Gasteiger partial charge in [-0.05, 0) is 55.0 Å². The van der Waals surface area contributed by atoms with Crippen LogP contribution in [0, 0.1) is 0 Å². The van der Waals surface area contributed by atoms with Gasteiger partial charge in [-0.3, -0.25) is 4.72 Å². The molecule has 8 heteroatoms. The van der Waals surface area contributed by atoms with Crippen molar-refractivity contribution in [2.45, 2.75) is 24.7 Å². The molecule has 0 heterocycles. The monoisotopic (exact) mass is 377 g/mol. The van der Waals surface area contributed by atoms with Crippen molar-refractivity contribution in [3.8, 4) is 5.75 Å². The fraction of sp³-hybridized carbons (Fsp3) is 0.278. The molecule has 0 radical (unpaired) electrons. The van der Waals surface area contributed by atoms with E-state index in [2.05, 4.69) is 15.4 Å². The van der Waals surface area contributed by atoms with Crippen molar-refractivity contribution < 1.29 is 17.9 Å². The Morgan fingerprint density at radius 3 is 2.19 bits per heavy atom. The summed E-state index contributed by atoms with van der Waals surface area (Å²) in [4.78, 5) is 11.8. The maximum absolute atomic E-state index is 12.4. The lowest BCUT2D eigenvalue weighted by molar-refractivity contribution is 0.252. The molecule has 0 aliphatic heterocycles. The van der Waals surface area contributed by atoms with E-state index in [1.54, 1.807) is 43.5 Å². The van der Waals surface area contributed by atoms with E-state index in [1.165, 1.54) is 12.1 Å². The highest BCUT2D eigenvalue weighted by atomic mass is 32.2. The van der Waals surface area contributed by atoms with Gasteiger partial charge in [0.25, 0.3) is 10.0 Å². The number of unbranched alkanes of at least 4 members (excludes halogenated alkanes) is 1. The zero-order valence-corrected chi connectivity index (χ0v) is 15.6. The Bertz CT molecular complexity index is 819. The minimum atomic E-state index is -3.71. The average Bonchev–Trinajstić information content (AvgIpc) is 2.63. The molecule has 7 nitrogen and oxygen atoms in total. The molecule has 0 unspecified atom stereocenters. The number of hydrogen-bond acceptors (Lipinski definition) is 4. The molecule has 0 aliphatic rings. The first kappa shape index (κ1) is 19.6. The van der Waals surface area contributed by atoms with Crippen LogP contribution in [0.25, 0.3) is 0 Å². The lowest BCUT2D eigenvalue weighted by Crippen LogP contribution is -2.29. The second kappa shape index (κ2) is 9.10. The topological polar surface area (TPSA) is 96.5 Å². The minimum Gasteiger partial charge on any atom is -0.497 e. The Kier molecular flexibility index (Phi) is 6.85. The van der Waals surface area contributed by atoms with Gasteiger partial charge in [-0.2, -0.15) is 0 Å². The number of anilines is 2. The van der Waals surface area contributed by atoms with E-state index in [0.717, 1.165) is 12.8 Å². The molecule has 26 heavy (non-hydrogen) atoms. The zero-order valence-electron chi connectivity index (χ0n) is 14.8. The number of carbonyl (C=O) groups excluding carboxylic acids is 1. The molecule has 0 atom stereocenters. The molecule has 0 aliphatic carbocycles. The molecule has 2 amide bonds. The van der Waals surface area contributed by atoms with Gasteiger partial charge in [0.1, 0.15) is 5.75 Å². The lowest BCUT2D eigenvalue weighted by Gasteiger charge is -2.10. The molecule has 0 saturated carbocycles. The van der Waals surface area contributed by atoms with E-state index in [-0.39, 0.29) is 10.9 Å². The molecule has 2 aromatic carbocycles. The van der Waals surface area contributed by atoms with Crippen LogP contribution in [0.2, 0.25) is 0 Å². The summed E-state index contributed by atoms with van der Waals surface area (Å²) in [7, 11) is -2.17. The minimum absolute atomic E-state index is 0.102. The van der Waals surface area contributed by atoms with Crippen LogP contribution in [0.15, 0.2) is 53.4 Å². The van der Waals surface area contributed by atoms with Crippen LogP contribution >= 0.6 is 0 Å². The summed E-state index contributed by atoms with van der Waals surface area (Å²) >= 11 is 0. The summed E-state index contributed by atoms with van der Waals surface area (Å²) in [5.74, 6) is 0.639. The molecule has 2 aromatic rings. The number of sulfonamides is 1. The fourth-order valence-electron chi connectivity index (χ4n) is 2.14. The van der Waals surface area contributed by atoms with Crippen LogP contribution in [0.5, 0.6) is 5.75 Å². The first-order valence-electron chi connectivity index (χ1n) is 8.26. The van der Waals surface area contributed by atoms with E-state index in [1.807, 2.05) is 6.92 Å². The molecular formula is C18H23N3O4S. The summed E-state index contributed by atoms with van der Waals surface area (Å²) in [6, 6.07) is 12.2. The van der Waals surface area contributed by atoms with Gasteiger partial charge in [-0.25, -0.2) is 13.2 Å². The number of amides is 2. The van der Waals surface area contributed by atoms with Crippen molar-refractivity contribution in [1.82, 2.24) is 5.32 Å². The number of ether oxygens (including phenoxy) is 1. The van der Waals surface area contributed by atoms with Crippen molar-refractivity contribution in [3.63, 3.8) is 0 Å². The van der Waals surface area contributed by atoms with Gasteiger partial charge in [-0.1, -0.05) is 13.3 Å². The van der Waals surface area contributed by atoms with E-state index in [4.69, 9.17) is 4.74 Å². The number of nitrogens with one attached hydrogen (secondary N) is 3. The zero-order chi connectivity index (χ0) is 19.0. The van der Waals surface area contributed by atoms with Gasteiger partial charge in [0.2, 0.25) is 0 Å². The number of hydrogen-bond donors (Lipinski definition) is 3. The van der Waals surface area contributed by atoms with Crippen molar-refractivity contribution in [3.05, 3.63) is 48.5 Å². The van der Waals surface area contributed by atoms with Crippen molar-refractivity contribution in [2.24, 2.45) is 0 Å². The summed E-state index contributed by atoms with van der Waals surface area (Å²) in [5.41, 5.74) is 0.950. The van der Waals surface area contributed by atoms with Crippen LogP contribution in [0.1, 0.15) is 19.8 Å². The molecule has 2 rings (SSSR count). The molecule has 3 N–H and O–H groups in total. The molecule has 0 aromatic heterocycles. The first-order chi connectivity index (χ1) is 12.4. The van der Waals surface area contributed by atoms with Crippen LogP contribution in [0.4, 0.5) is 16.2 Å². The van der Waals surface area contributed by atoms with Gasteiger partial charge < -0.3 is 15.4 Å². The van der Waals surface area contributed by atoms with Crippen LogP contribution in [-0.2, 0) is 10.0 Å². The Labute approximate surface area is 153 Å². The first-order valence-corrected chi connectivity index (χ1v) is 9.74. The van der Waals surface area contributed by atoms with E-state index in [0.29, 0.717) is 23.7 Å². The number of urea groups is 1. The van der Waals surface area contributed by atoms with Gasteiger partial charge in [0.15, 0.2) is 0 Å². The van der Waals surface area contributed by atoms with E-state index < -0.39 is 10.0 Å². The van der Waals surface area contributed by atoms with E-state index >= 15 is 0 Å². The van der Waals surface area contributed by atoms with E-state index in [9.17, 15) is 13.2 Å². The van der Waals surface area contributed by atoms with Crippen LogP contribution in [0.3, 0.4) is 0 Å². The van der Waals surface area contributed by atoms with Gasteiger partial charge in [-0.15, -0.1) is 0 Å². The number of rotatable bonds is 8. The molecule has 0 fully saturated rings. The SMILES string of the molecule is CCCCNC(=O)Nc1ccc(S(=O)(=O)Nc2ccc(OC)cc2)cc1. The summed E-state index contributed by atoms with van der Waals surface area (Å²) in [6.45, 7) is 2.64. The van der Waals surface area contributed by atoms with Gasteiger partial charge >= 0.3 is 6.03 Å². The number of benzene rings is 2. The standard InChI is InChI=1S/C18H23N3O4S/c1-3-4-13-19-18(22)20-14-7-11-17(12-8-14)26(23,24)21-15-5-9-16(25-2)10-6-15/h5-12,21H,3-4,13H2,1-2H3,(H2,19,20,22). The molecule has 0 bridgehead atoms. The summed E-state index contributed by atoms with van der Waals surface area (Å²) in [5, 5.41) is 5.39. The van der Waals surface area contributed by atoms with Crippen LogP contribution in [-0.4, -0.2) is 28.1 Å². The largest absolute Gasteiger partial charge is 0.497 e. The van der Waals surface area contributed by atoms with Gasteiger partial charge in [0.05, 0.1) is 12.0 Å². The normalized spacial score (nSPS) is 10.8. The Morgan fingerprint density at radius 1 is 1.00 bits per heavy atom. The third kappa shape index (κ3) is 5.66. The third-order valence-corrected chi connectivity index (χ3v) is 4.98.